The van der Waals surface area contributed by atoms with Crippen LogP contribution < -0.4 is 4.90 Å². The van der Waals surface area contributed by atoms with Crippen LogP contribution in [0, 0.1) is 11.8 Å². The number of fused-ring (bicyclic) bond motifs is 2. The van der Waals surface area contributed by atoms with Crippen molar-refractivity contribution in [1.29, 1.82) is 0 Å². The highest BCUT2D eigenvalue weighted by molar-refractivity contribution is 5.85. The lowest BCUT2D eigenvalue weighted by atomic mass is 9.84. The Hall–Kier alpha value is -2.30. The third-order valence-corrected chi connectivity index (χ3v) is 7.15. The summed E-state index contributed by atoms with van der Waals surface area (Å²) in [5, 5.41) is 11.0. The normalized spacial score (nSPS) is 25.9. The number of anilines is 1. The summed E-state index contributed by atoms with van der Waals surface area (Å²) in [5.41, 5.74) is 0.651. The fourth-order valence-corrected chi connectivity index (χ4v) is 5.57. The van der Waals surface area contributed by atoms with E-state index in [0.717, 1.165) is 49.6 Å². The number of amides is 1. The van der Waals surface area contributed by atoms with Gasteiger partial charge in [-0.3, -0.25) is 4.79 Å². The van der Waals surface area contributed by atoms with E-state index < -0.39 is 0 Å². The Morgan fingerprint density at radius 1 is 0.964 bits per heavy atom. The van der Waals surface area contributed by atoms with Crippen molar-refractivity contribution in [3.63, 3.8) is 0 Å². The number of para-hydroxylation sites is 1. The van der Waals surface area contributed by atoms with Crippen LogP contribution in [0.3, 0.4) is 0 Å². The van der Waals surface area contributed by atoms with Crippen LogP contribution in [0.2, 0.25) is 0 Å². The second-order valence-corrected chi connectivity index (χ2v) is 8.71. The van der Waals surface area contributed by atoms with Gasteiger partial charge in [-0.1, -0.05) is 25.0 Å². The number of phenols is 1. The molecule has 2 unspecified atom stereocenters. The number of benzene rings is 1. The van der Waals surface area contributed by atoms with Crippen LogP contribution in [-0.2, 0) is 4.79 Å². The van der Waals surface area contributed by atoms with Gasteiger partial charge in [0.25, 0.3) is 0 Å². The van der Waals surface area contributed by atoms with Crippen molar-refractivity contribution in [3.8, 4) is 5.75 Å². The van der Waals surface area contributed by atoms with Crippen LogP contribution in [-0.4, -0.2) is 46.6 Å². The minimum Gasteiger partial charge on any atom is -0.506 e. The molecule has 3 fully saturated rings. The van der Waals surface area contributed by atoms with Crippen LogP contribution in [0.4, 0.5) is 5.82 Å². The van der Waals surface area contributed by atoms with Crippen LogP contribution in [0.5, 0.6) is 5.75 Å². The highest BCUT2D eigenvalue weighted by atomic mass is 16.3. The summed E-state index contributed by atoms with van der Waals surface area (Å²) in [7, 11) is 0. The van der Waals surface area contributed by atoms with Gasteiger partial charge in [0, 0.05) is 37.0 Å². The van der Waals surface area contributed by atoms with Gasteiger partial charge in [0.05, 0.1) is 0 Å². The molecule has 2 atom stereocenters. The fourth-order valence-electron chi connectivity index (χ4n) is 5.57. The van der Waals surface area contributed by atoms with Crippen molar-refractivity contribution >= 4 is 22.6 Å². The zero-order valence-electron chi connectivity index (χ0n) is 16.4. The lowest BCUT2D eigenvalue weighted by Crippen LogP contribution is -2.46. The number of piperidine rings is 1. The summed E-state index contributed by atoms with van der Waals surface area (Å²) in [6.45, 7) is 2.68. The van der Waals surface area contributed by atoms with E-state index in [1.165, 1.54) is 32.1 Å². The average Bonchev–Trinajstić information content (AvgIpc) is 3.18. The molecule has 1 N–H and O–H groups in total. The van der Waals surface area contributed by atoms with Crippen molar-refractivity contribution < 1.29 is 9.90 Å². The average molecular weight is 380 g/mol. The third kappa shape index (κ3) is 3.11. The van der Waals surface area contributed by atoms with Gasteiger partial charge in [-0.05, 0) is 56.2 Å². The van der Waals surface area contributed by atoms with Gasteiger partial charge in [-0.2, -0.15) is 0 Å². The standard InChI is InChI=1S/C23H29N3O2/c27-20-7-3-5-17-8-9-21(24-22(17)20)25-13-10-18(11-14-25)23(28)26-15-12-16-4-1-2-6-19(16)26/h3,5,7-9,16,18-19,27H,1-2,4,6,10-15H2. The molecule has 0 bridgehead atoms. The molecule has 2 aromatic rings. The molecule has 1 aliphatic carbocycles. The number of hydrogen-bond donors (Lipinski definition) is 1. The zero-order chi connectivity index (χ0) is 19.1. The highest BCUT2D eigenvalue weighted by Gasteiger charge is 2.40. The van der Waals surface area contributed by atoms with Crippen molar-refractivity contribution in [2.75, 3.05) is 24.5 Å². The van der Waals surface area contributed by atoms with Gasteiger partial charge in [-0.15, -0.1) is 0 Å². The molecular formula is C23H29N3O2. The molecule has 0 radical (unpaired) electrons. The molecule has 28 heavy (non-hydrogen) atoms. The molecule has 0 spiro atoms. The van der Waals surface area contributed by atoms with E-state index >= 15 is 0 Å². The smallest absolute Gasteiger partial charge is 0.226 e. The molecule has 1 aromatic heterocycles. The lowest BCUT2D eigenvalue weighted by Gasteiger charge is -2.37. The second-order valence-electron chi connectivity index (χ2n) is 8.71. The van der Waals surface area contributed by atoms with Crippen LogP contribution in [0.15, 0.2) is 30.3 Å². The zero-order valence-corrected chi connectivity index (χ0v) is 16.4. The first-order valence-electron chi connectivity index (χ1n) is 10.8. The predicted molar refractivity (Wildman–Crippen MR) is 110 cm³/mol. The first-order chi connectivity index (χ1) is 13.7. The van der Waals surface area contributed by atoms with Gasteiger partial charge in [0.2, 0.25) is 5.91 Å². The molecule has 148 valence electrons. The Labute approximate surface area is 166 Å². The number of carbonyl (C=O) groups is 1. The Morgan fingerprint density at radius 2 is 1.79 bits per heavy atom. The number of rotatable bonds is 2. The number of carbonyl (C=O) groups excluding carboxylic acids is 1. The summed E-state index contributed by atoms with van der Waals surface area (Å²) < 4.78 is 0. The van der Waals surface area contributed by atoms with Gasteiger partial charge in [0.15, 0.2) is 0 Å². The van der Waals surface area contributed by atoms with Crippen LogP contribution in [0.1, 0.15) is 44.9 Å². The monoisotopic (exact) mass is 379 g/mol. The maximum atomic E-state index is 13.2. The fraction of sp³-hybridized carbons (Fsp3) is 0.565. The Balaban J connectivity index is 1.25. The van der Waals surface area contributed by atoms with Crippen LogP contribution >= 0.6 is 0 Å². The van der Waals surface area contributed by atoms with Crippen molar-refractivity contribution in [3.05, 3.63) is 30.3 Å². The first-order valence-corrected chi connectivity index (χ1v) is 10.8. The minimum absolute atomic E-state index is 0.158. The molecule has 1 aromatic carbocycles. The maximum absolute atomic E-state index is 13.2. The second kappa shape index (κ2) is 7.26. The topological polar surface area (TPSA) is 56.7 Å². The maximum Gasteiger partial charge on any atom is 0.226 e. The number of pyridine rings is 1. The molecule has 5 heteroatoms. The van der Waals surface area contributed by atoms with Crippen LogP contribution in [0.25, 0.3) is 10.9 Å². The molecule has 2 saturated heterocycles. The van der Waals surface area contributed by atoms with Gasteiger partial charge in [0.1, 0.15) is 17.1 Å². The predicted octanol–water partition coefficient (Wildman–Crippen LogP) is 3.95. The number of likely N-dealkylation sites (tertiary alicyclic amines) is 1. The summed E-state index contributed by atoms with van der Waals surface area (Å²) in [5.74, 6) is 2.44. The van der Waals surface area contributed by atoms with E-state index in [0.29, 0.717) is 17.5 Å². The summed E-state index contributed by atoms with van der Waals surface area (Å²) in [6.07, 6.45) is 8.15. The summed E-state index contributed by atoms with van der Waals surface area (Å²) >= 11 is 0. The van der Waals surface area contributed by atoms with E-state index in [2.05, 4.69) is 14.8 Å². The highest BCUT2D eigenvalue weighted by Crippen LogP contribution is 2.38. The van der Waals surface area contributed by atoms with Gasteiger partial charge in [-0.25, -0.2) is 4.98 Å². The number of aromatic nitrogens is 1. The number of aromatic hydroxyl groups is 1. The van der Waals surface area contributed by atoms with Gasteiger partial charge >= 0.3 is 0 Å². The van der Waals surface area contributed by atoms with Crippen molar-refractivity contribution in [2.24, 2.45) is 11.8 Å². The Kier molecular flexibility index (Phi) is 4.61. The Bertz CT molecular complexity index is 875. The van der Waals surface area contributed by atoms with Gasteiger partial charge < -0.3 is 14.9 Å². The molecule has 5 nitrogen and oxygen atoms in total. The quantitative estimate of drug-likeness (QED) is 0.858. The van der Waals surface area contributed by atoms with Crippen molar-refractivity contribution in [1.82, 2.24) is 9.88 Å². The lowest BCUT2D eigenvalue weighted by molar-refractivity contribution is -0.137. The first kappa shape index (κ1) is 17.8. The SMILES string of the molecule is O=C(C1CCN(c2ccc3cccc(O)c3n2)CC1)N1CCC2CCCCC21. The summed E-state index contributed by atoms with van der Waals surface area (Å²) in [6, 6.07) is 10.0. The summed E-state index contributed by atoms with van der Waals surface area (Å²) in [4.78, 5) is 22.3. The molecule has 2 aliphatic heterocycles. The molecular weight excluding hydrogens is 350 g/mol. The van der Waals surface area contributed by atoms with E-state index in [-0.39, 0.29) is 11.7 Å². The van der Waals surface area contributed by atoms with E-state index in [4.69, 9.17) is 0 Å². The number of phenolic OH excluding ortho intramolecular Hbond substituents is 1. The molecule has 1 amide bonds. The van der Waals surface area contributed by atoms with E-state index in [1.807, 2.05) is 24.3 Å². The molecule has 5 rings (SSSR count). The number of nitrogens with zero attached hydrogens (tertiary/aromatic N) is 3. The molecule has 3 heterocycles. The Morgan fingerprint density at radius 3 is 2.64 bits per heavy atom. The number of hydrogen-bond acceptors (Lipinski definition) is 4. The van der Waals surface area contributed by atoms with Crippen molar-refractivity contribution in [2.45, 2.75) is 51.0 Å². The third-order valence-electron chi connectivity index (χ3n) is 7.15. The minimum atomic E-state index is 0.158. The molecule has 1 saturated carbocycles. The van der Waals surface area contributed by atoms with E-state index in [1.54, 1.807) is 6.07 Å². The molecule has 3 aliphatic rings. The largest absolute Gasteiger partial charge is 0.506 e. The van der Waals surface area contributed by atoms with E-state index in [9.17, 15) is 9.90 Å².